The molecule has 2 amide bonds. The van der Waals surface area contributed by atoms with Crippen LogP contribution in [0.4, 0.5) is 17.1 Å². The van der Waals surface area contributed by atoms with Crippen molar-refractivity contribution in [1.82, 2.24) is 10.2 Å². The summed E-state index contributed by atoms with van der Waals surface area (Å²) in [4.78, 5) is 28.8. The van der Waals surface area contributed by atoms with E-state index in [2.05, 4.69) is 24.1 Å². The zero-order chi connectivity index (χ0) is 18.9. The molecule has 138 valence electrons. The number of carbonyl (C=O) groups excluding carboxylic acids is 2. The van der Waals surface area contributed by atoms with Gasteiger partial charge < -0.3 is 16.0 Å². The minimum absolute atomic E-state index is 0.427. The SMILES string of the molecule is CCN(CC)CCNC(=O)C(=O)N(c1ccccc1)c1ccc(N)cc1. The van der Waals surface area contributed by atoms with Crippen molar-refractivity contribution < 1.29 is 9.59 Å². The van der Waals surface area contributed by atoms with E-state index in [0.717, 1.165) is 13.1 Å². The third-order valence-electron chi connectivity index (χ3n) is 4.17. The Labute approximate surface area is 154 Å². The van der Waals surface area contributed by atoms with Crippen molar-refractivity contribution in [3.63, 3.8) is 0 Å². The van der Waals surface area contributed by atoms with Gasteiger partial charge in [-0.2, -0.15) is 0 Å². The van der Waals surface area contributed by atoms with Crippen molar-refractivity contribution in [2.24, 2.45) is 0 Å². The van der Waals surface area contributed by atoms with Crippen molar-refractivity contribution in [3.05, 3.63) is 54.6 Å². The smallest absolute Gasteiger partial charge is 0.320 e. The lowest BCUT2D eigenvalue weighted by atomic mass is 10.2. The number of nitrogen functional groups attached to an aromatic ring is 1. The normalized spacial score (nSPS) is 10.6. The average molecular weight is 354 g/mol. The topological polar surface area (TPSA) is 78.7 Å². The van der Waals surface area contributed by atoms with Crippen molar-refractivity contribution in [2.45, 2.75) is 13.8 Å². The Morgan fingerprint density at radius 2 is 1.50 bits per heavy atom. The highest BCUT2D eigenvalue weighted by atomic mass is 16.2. The van der Waals surface area contributed by atoms with Crippen molar-refractivity contribution in [1.29, 1.82) is 0 Å². The molecular weight excluding hydrogens is 328 g/mol. The molecule has 0 bridgehead atoms. The summed E-state index contributed by atoms with van der Waals surface area (Å²) < 4.78 is 0. The number of carbonyl (C=O) groups is 2. The van der Waals surface area contributed by atoms with Crippen LogP contribution in [0.1, 0.15) is 13.8 Å². The van der Waals surface area contributed by atoms with E-state index in [4.69, 9.17) is 5.73 Å². The highest BCUT2D eigenvalue weighted by Gasteiger charge is 2.24. The second kappa shape index (κ2) is 9.58. The molecular formula is C20H26N4O2. The Balaban J connectivity index is 2.15. The van der Waals surface area contributed by atoms with Crippen LogP contribution in [0, 0.1) is 0 Å². The van der Waals surface area contributed by atoms with E-state index < -0.39 is 11.8 Å². The molecule has 2 rings (SSSR count). The number of hydrogen-bond donors (Lipinski definition) is 2. The monoisotopic (exact) mass is 354 g/mol. The lowest BCUT2D eigenvalue weighted by molar-refractivity contribution is -0.137. The molecule has 0 aliphatic rings. The summed E-state index contributed by atoms with van der Waals surface area (Å²) >= 11 is 0. The number of benzene rings is 2. The van der Waals surface area contributed by atoms with Gasteiger partial charge in [0.15, 0.2) is 0 Å². The molecule has 2 aromatic rings. The Morgan fingerprint density at radius 3 is 2.08 bits per heavy atom. The summed E-state index contributed by atoms with van der Waals surface area (Å²) in [6.07, 6.45) is 0. The quantitative estimate of drug-likeness (QED) is 0.591. The van der Waals surface area contributed by atoms with Gasteiger partial charge in [0.25, 0.3) is 0 Å². The van der Waals surface area contributed by atoms with Crippen LogP contribution in [0.5, 0.6) is 0 Å². The summed E-state index contributed by atoms with van der Waals surface area (Å²) in [5.74, 6) is -1.25. The third kappa shape index (κ3) is 5.07. The van der Waals surface area contributed by atoms with Gasteiger partial charge in [0.05, 0.1) is 0 Å². The number of nitrogens with two attached hydrogens (primary N) is 1. The first-order chi connectivity index (χ1) is 12.6. The Morgan fingerprint density at radius 1 is 0.923 bits per heavy atom. The first kappa shape index (κ1) is 19.5. The maximum Gasteiger partial charge on any atom is 0.320 e. The number of nitrogens with zero attached hydrogens (tertiary/aromatic N) is 2. The molecule has 0 saturated heterocycles. The molecule has 0 atom stereocenters. The van der Waals surface area contributed by atoms with Crippen molar-refractivity contribution >= 4 is 28.9 Å². The van der Waals surface area contributed by atoms with E-state index in [0.29, 0.717) is 30.2 Å². The van der Waals surface area contributed by atoms with Crippen LogP contribution in [0.3, 0.4) is 0 Å². The maximum atomic E-state index is 12.8. The van der Waals surface area contributed by atoms with Gasteiger partial charge in [-0.3, -0.25) is 14.5 Å². The Kier molecular flexibility index (Phi) is 7.17. The summed E-state index contributed by atoms with van der Waals surface area (Å²) in [5.41, 5.74) is 7.55. The molecule has 0 saturated carbocycles. The number of nitrogens with one attached hydrogen (secondary N) is 1. The first-order valence-electron chi connectivity index (χ1n) is 8.82. The molecule has 6 heteroatoms. The number of para-hydroxylation sites is 1. The van der Waals surface area contributed by atoms with E-state index in [1.165, 1.54) is 4.90 Å². The van der Waals surface area contributed by atoms with E-state index in [1.54, 1.807) is 36.4 Å². The van der Waals surface area contributed by atoms with Gasteiger partial charge in [0.1, 0.15) is 0 Å². The average Bonchev–Trinajstić information content (AvgIpc) is 2.67. The Hall–Kier alpha value is -2.86. The van der Waals surface area contributed by atoms with Crippen LogP contribution in [0.2, 0.25) is 0 Å². The minimum Gasteiger partial charge on any atom is -0.399 e. The first-order valence-corrected chi connectivity index (χ1v) is 8.82. The largest absolute Gasteiger partial charge is 0.399 e. The predicted octanol–water partition coefficient (Wildman–Crippen LogP) is 2.39. The van der Waals surface area contributed by atoms with Crippen molar-refractivity contribution in [3.8, 4) is 0 Å². The van der Waals surface area contributed by atoms with Gasteiger partial charge in [-0.25, -0.2) is 0 Å². The number of anilines is 3. The van der Waals surface area contributed by atoms with E-state index in [-0.39, 0.29) is 0 Å². The van der Waals surface area contributed by atoms with Gasteiger partial charge in [-0.05, 0) is 49.5 Å². The van der Waals surface area contributed by atoms with Crippen LogP contribution < -0.4 is 16.0 Å². The van der Waals surface area contributed by atoms with E-state index >= 15 is 0 Å². The molecule has 0 radical (unpaired) electrons. The van der Waals surface area contributed by atoms with Gasteiger partial charge in [-0.15, -0.1) is 0 Å². The standard InChI is InChI=1S/C20H26N4O2/c1-3-23(4-2)15-14-22-19(25)20(26)24(17-8-6-5-7-9-17)18-12-10-16(21)11-13-18/h5-13H,3-4,14-15,21H2,1-2H3,(H,22,25). The fraction of sp³-hybridized carbons (Fsp3) is 0.300. The molecule has 0 spiro atoms. The fourth-order valence-electron chi connectivity index (χ4n) is 2.63. The molecule has 2 aromatic carbocycles. The van der Waals surface area contributed by atoms with Gasteiger partial charge in [0, 0.05) is 30.2 Å². The van der Waals surface area contributed by atoms with E-state index in [1.807, 2.05) is 18.2 Å². The number of rotatable bonds is 7. The molecule has 0 aliphatic heterocycles. The summed E-state index contributed by atoms with van der Waals surface area (Å²) in [6.45, 7) is 7.07. The van der Waals surface area contributed by atoms with Crippen LogP contribution in [-0.2, 0) is 9.59 Å². The number of hydrogen-bond acceptors (Lipinski definition) is 4. The van der Waals surface area contributed by atoms with Gasteiger partial charge in [0.2, 0.25) is 0 Å². The number of likely N-dealkylation sites (N-methyl/N-ethyl adjacent to an activating group) is 1. The van der Waals surface area contributed by atoms with Crippen LogP contribution in [0.25, 0.3) is 0 Å². The van der Waals surface area contributed by atoms with E-state index in [9.17, 15) is 9.59 Å². The van der Waals surface area contributed by atoms with Crippen LogP contribution in [0.15, 0.2) is 54.6 Å². The molecule has 0 aliphatic carbocycles. The molecule has 3 N–H and O–H groups in total. The fourth-order valence-corrected chi connectivity index (χ4v) is 2.63. The zero-order valence-electron chi connectivity index (χ0n) is 15.3. The molecule has 0 unspecified atom stereocenters. The van der Waals surface area contributed by atoms with Gasteiger partial charge in [-0.1, -0.05) is 32.0 Å². The Bertz CT molecular complexity index is 712. The number of amides is 2. The third-order valence-corrected chi connectivity index (χ3v) is 4.17. The van der Waals surface area contributed by atoms with Crippen LogP contribution >= 0.6 is 0 Å². The molecule has 0 heterocycles. The maximum absolute atomic E-state index is 12.8. The second-order valence-electron chi connectivity index (χ2n) is 5.85. The molecule has 0 aromatic heterocycles. The molecule has 0 fully saturated rings. The van der Waals surface area contributed by atoms with Crippen molar-refractivity contribution in [2.75, 3.05) is 36.8 Å². The van der Waals surface area contributed by atoms with Crippen LogP contribution in [-0.4, -0.2) is 42.9 Å². The predicted molar refractivity (Wildman–Crippen MR) is 105 cm³/mol. The minimum atomic E-state index is -0.627. The highest BCUT2D eigenvalue weighted by Crippen LogP contribution is 2.26. The van der Waals surface area contributed by atoms with Gasteiger partial charge >= 0.3 is 11.8 Å². The zero-order valence-corrected chi connectivity index (χ0v) is 15.3. The highest BCUT2D eigenvalue weighted by molar-refractivity contribution is 6.42. The molecule has 6 nitrogen and oxygen atoms in total. The second-order valence-corrected chi connectivity index (χ2v) is 5.85. The lowest BCUT2D eigenvalue weighted by Crippen LogP contribution is -2.43. The summed E-state index contributed by atoms with van der Waals surface area (Å²) in [6, 6.07) is 15.9. The summed E-state index contributed by atoms with van der Waals surface area (Å²) in [5, 5.41) is 2.72. The summed E-state index contributed by atoms with van der Waals surface area (Å²) in [7, 11) is 0. The molecule has 26 heavy (non-hydrogen) atoms. The lowest BCUT2D eigenvalue weighted by Gasteiger charge is -2.23.